The largest absolute Gasteiger partial charge is 0.372 e. The van der Waals surface area contributed by atoms with Gasteiger partial charge in [0, 0.05) is 7.11 Å². The van der Waals surface area contributed by atoms with Crippen LogP contribution in [-0.4, -0.2) is 12.1 Å². The quantitative estimate of drug-likeness (QED) is 0.760. The molecule has 0 unspecified atom stereocenters. The van der Waals surface area contributed by atoms with Crippen LogP contribution >= 0.6 is 0 Å². The summed E-state index contributed by atoms with van der Waals surface area (Å²) in [6.45, 7) is 3.85. The Bertz CT molecular complexity index is 448. The fraction of sp³-hybridized carbons (Fsp3) is 0.417. The SMILES string of the molecule is CCC[n+]1c(COC)[nH]c2ccccc21. The maximum absolute atomic E-state index is 5.19. The minimum absolute atomic E-state index is 0.634. The molecule has 2 aromatic rings. The van der Waals surface area contributed by atoms with Crippen molar-refractivity contribution in [1.82, 2.24) is 4.98 Å². The summed E-state index contributed by atoms with van der Waals surface area (Å²) in [4.78, 5) is 3.39. The Kier molecular flexibility index (Phi) is 3.02. The molecule has 0 aliphatic carbocycles. The van der Waals surface area contributed by atoms with Gasteiger partial charge in [-0.25, -0.2) is 9.55 Å². The molecule has 2 rings (SSSR count). The normalized spacial score (nSPS) is 11.1. The second-order valence-electron chi connectivity index (χ2n) is 3.67. The average Bonchev–Trinajstić information content (AvgIpc) is 2.59. The summed E-state index contributed by atoms with van der Waals surface area (Å²) in [5, 5.41) is 0. The zero-order valence-corrected chi connectivity index (χ0v) is 9.29. The number of aromatic amines is 1. The third-order valence-electron chi connectivity index (χ3n) is 2.53. The van der Waals surface area contributed by atoms with Gasteiger partial charge in [0.2, 0.25) is 0 Å². The Morgan fingerprint density at radius 2 is 2.13 bits per heavy atom. The first-order valence-corrected chi connectivity index (χ1v) is 5.35. The Labute approximate surface area is 89.7 Å². The Morgan fingerprint density at radius 1 is 1.33 bits per heavy atom. The molecule has 0 radical (unpaired) electrons. The van der Waals surface area contributed by atoms with Gasteiger partial charge in [0.1, 0.15) is 6.61 Å². The Hall–Kier alpha value is -1.35. The number of aryl methyl sites for hydroxylation is 1. The van der Waals surface area contributed by atoms with Gasteiger partial charge in [0.05, 0.1) is 6.54 Å². The second-order valence-corrected chi connectivity index (χ2v) is 3.67. The molecule has 1 aromatic carbocycles. The zero-order valence-electron chi connectivity index (χ0n) is 9.29. The Balaban J connectivity index is 2.53. The molecule has 0 aliphatic rings. The molecule has 80 valence electrons. The first-order valence-electron chi connectivity index (χ1n) is 5.35. The number of hydrogen-bond acceptors (Lipinski definition) is 1. The van der Waals surface area contributed by atoms with E-state index in [9.17, 15) is 0 Å². The van der Waals surface area contributed by atoms with Crippen molar-refractivity contribution in [3.05, 3.63) is 30.1 Å². The van der Waals surface area contributed by atoms with Crippen LogP contribution in [0.2, 0.25) is 0 Å². The van der Waals surface area contributed by atoms with E-state index in [1.54, 1.807) is 7.11 Å². The molecule has 0 amide bonds. The number of hydrogen-bond donors (Lipinski definition) is 1. The number of rotatable bonds is 4. The molecular weight excluding hydrogens is 188 g/mol. The summed E-state index contributed by atoms with van der Waals surface area (Å²) in [5.41, 5.74) is 2.43. The molecule has 0 atom stereocenters. The van der Waals surface area contributed by atoms with E-state index in [0.717, 1.165) is 18.8 Å². The lowest BCUT2D eigenvalue weighted by molar-refractivity contribution is -0.680. The molecule has 1 aromatic heterocycles. The molecule has 0 spiro atoms. The number of para-hydroxylation sites is 2. The molecule has 3 nitrogen and oxygen atoms in total. The van der Waals surface area contributed by atoms with Crippen molar-refractivity contribution < 1.29 is 9.30 Å². The molecule has 0 saturated heterocycles. The first-order chi connectivity index (χ1) is 7.36. The summed E-state index contributed by atoms with van der Waals surface area (Å²) in [5.74, 6) is 1.14. The van der Waals surface area contributed by atoms with Gasteiger partial charge >= 0.3 is 0 Å². The summed E-state index contributed by atoms with van der Waals surface area (Å²) < 4.78 is 7.48. The van der Waals surface area contributed by atoms with Crippen molar-refractivity contribution in [2.75, 3.05) is 7.11 Å². The molecular formula is C12H17N2O+. The highest BCUT2D eigenvalue weighted by atomic mass is 16.5. The van der Waals surface area contributed by atoms with Gasteiger partial charge in [-0.15, -0.1) is 0 Å². The molecule has 15 heavy (non-hydrogen) atoms. The van der Waals surface area contributed by atoms with Crippen LogP contribution in [0.4, 0.5) is 0 Å². The minimum Gasteiger partial charge on any atom is -0.372 e. The molecule has 0 fully saturated rings. The van der Waals surface area contributed by atoms with Crippen LogP contribution in [0.5, 0.6) is 0 Å². The van der Waals surface area contributed by atoms with Crippen LogP contribution in [0.25, 0.3) is 11.0 Å². The van der Waals surface area contributed by atoms with E-state index < -0.39 is 0 Å². The van der Waals surface area contributed by atoms with E-state index in [0.29, 0.717) is 6.61 Å². The molecule has 0 saturated carbocycles. The van der Waals surface area contributed by atoms with Crippen LogP contribution in [0.3, 0.4) is 0 Å². The van der Waals surface area contributed by atoms with Crippen molar-refractivity contribution in [2.24, 2.45) is 0 Å². The van der Waals surface area contributed by atoms with Crippen LogP contribution in [0, 0.1) is 0 Å². The van der Waals surface area contributed by atoms with E-state index in [-0.39, 0.29) is 0 Å². The van der Waals surface area contributed by atoms with Gasteiger partial charge in [-0.2, -0.15) is 0 Å². The van der Waals surface area contributed by atoms with E-state index in [2.05, 4.69) is 34.7 Å². The van der Waals surface area contributed by atoms with E-state index in [1.807, 2.05) is 6.07 Å². The lowest BCUT2D eigenvalue weighted by atomic mass is 10.3. The van der Waals surface area contributed by atoms with Gasteiger partial charge in [-0.3, -0.25) is 0 Å². The van der Waals surface area contributed by atoms with E-state index >= 15 is 0 Å². The number of methoxy groups -OCH3 is 1. The minimum atomic E-state index is 0.634. The number of aromatic nitrogens is 2. The summed E-state index contributed by atoms with van der Waals surface area (Å²) in [6.07, 6.45) is 1.13. The molecule has 3 heteroatoms. The van der Waals surface area contributed by atoms with Crippen LogP contribution in [-0.2, 0) is 17.9 Å². The highest BCUT2D eigenvalue weighted by molar-refractivity contribution is 5.70. The lowest BCUT2D eigenvalue weighted by Gasteiger charge is -1.98. The molecule has 0 bridgehead atoms. The number of imidazole rings is 1. The Morgan fingerprint density at radius 3 is 2.87 bits per heavy atom. The number of H-pyrrole nitrogens is 1. The average molecular weight is 205 g/mol. The van der Waals surface area contributed by atoms with Gasteiger partial charge in [0.25, 0.3) is 5.82 Å². The number of ether oxygens (including phenoxy) is 1. The second kappa shape index (κ2) is 4.45. The predicted molar refractivity (Wildman–Crippen MR) is 59.5 cm³/mol. The maximum Gasteiger partial charge on any atom is 0.281 e. The molecule has 1 heterocycles. The summed E-state index contributed by atoms with van der Waals surface area (Å²) in [6, 6.07) is 8.35. The highest BCUT2D eigenvalue weighted by Gasteiger charge is 2.16. The van der Waals surface area contributed by atoms with E-state index in [4.69, 9.17) is 4.74 Å². The fourth-order valence-corrected chi connectivity index (χ4v) is 1.91. The molecule has 0 aliphatic heterocycles. The van der Waals surface area contributed by atoms with Crippen molar-refractivity contribution in [3.8, 4) is 0 Å². The van der Waals surface area contributed by atoms with E-state index in [1.165, 1.54) is 11.0 Å². The van der Waals surface area contributed by atoms with Crippen molar-refractivity contribution in [1.29, 1.82) is 0 Å². The number of nitrogens with zero attached hydrogens (tertiary/aromatic N) is 1. The molecule has 1 N–H and O–H groups in total. The first kappa shape index (κ1) is 10.2. The third-order valence-corrected chi connectivity index (χ3v) is 2.53. The number of benzene rings is 1. The van der Waals surface area contributed by atoms with Gasteiger partial charge in [0.15, 0.2) is 11.0 Å². The smallest absolute Gasteiger partial charge is 0.281 e. The van der Waals surface area contributed by atoms with Crippen molar-refractivity contribution in [2.45, 2.75) is 26.5 Å². The van der Waals surface area contributed by atoms with Gasteiger partial charge in [-0.05, 0) is 18.6 Å². The third kappa shape index (κ3) is 1.88. The standard InChI is InChI=1S/C12H16N2O/c1-3-8-14-11-7-5-4-6-10(11)13-12(14)9-15-2/h4-7H,3,8-9H2,1-2H3/p+1. The predicted octanol–water partition coefficient (Wildman–Crippen LogP) is 2.01. The number of nitrogens with one attached hydrogen (secondary N) is 1. The topological polar surface area (TPSA) is 28.9 Å². The maximum atomic E-state index is 5.19. The summed E-state index contributed by atoms with van der Waals surface area (Å²) in [7, 11) is 1.72. The zero-order chi connectivity index (χ0) is 10.7. The van der Waals surface area contributed by atoms with Crippen molar-refractivity contribution >= 4 is 11.0 Å². The van der Waals surface area contributed by atoms with Crippen LogP contribution in [0.15, 0.2) is 24.3 Å². The lowest BCUT2D eigenvalue weighted by Crippen LogP contribution is -2.37. The monoisotopic (exact) mass is 205 g/mol. The van der Waals surface area contributed by atoms with Gasteiger partial charge < -0.3 is 4.74 Å². The highest BCUT2D eigenvalue weighted by Crippen LogP contribution is 2.09. The van der Waals surface area contributed by atoms with Crippen LogP contribution < -0.4 is 4.57 Å². The number of fused-ring (bicyclic) bond motifs is 1. The van der Waals surface area contributed by atoms with Crippen LogP contribution in [0.1, 0.15) is 19.2 Å². The van der Waals surface area contributed by atoms with Crippen molar-refractivity contribution in [3.63, 3.8) is 0 Å². The summed E-state index contributed by atoms with van der Waals surface area (Å²) >= 11 is 0. The van der Waals surface area contributed by atoms with Gasteiger partial charge in [-0.1, -0.05) is 19.1 Å². The fourth-order valence-electron chi connectivity index (χ4n) is 1.91.